The number of benzene rings is 1. The molecular formula is C12H6BrClFN3O3. The Hall–Kier alpha value is -2.06. The molecule has 1 heterocycles. The standard InChI is InChI=1S/C12H6BrClFN3O3/c13-6-3-9(11(14)16-5-6)17-12(19)8-4-7(15)1-2-10(8)18(20)21/h1-5H,(H,17,19). The lowest BCUT2D eigenvalue weighted by Crippen LogP contribution is -2.15. The van der Waals surface area contributed by atoms with Crippen LogP contribution in [0, 0.1) is 15.9 Å². The summed E-state index contributed by atoms with van der Waals surface area (Å²) in [5, 5.41) is 13.2. The summed E-state index contributed by atoms with van der Waals surface area (Å²) in [7, 11) is 0. The fraction of sp³-hybridized carbons (Fsp3) is 0. The van der Waals surface area contributed by atoms with Gasteiger partial charge in [-0.15, -0.1) is 0 Å². The molecule has 1 aromatic heterocycles. The summed E-state index contributed by atoms with van der Waals surface area (Å²) in [6.45, 7) is 0. The van der Waals surface area contributed by atoms with E-state index in [1.165, 1.54) is 12.3 Å². The first-order valence-electron chi connectivity index (χ1n) is 5.45. The summed E-state index contributed by atoms with van der Waals surface area (Å²) >= 11 is 8.96. The number of hydrogen-bond donors (Lipinski definition) is 1. The number of hydrogen-bond acceptors (Lipinski definition) is 4. The predicted octanol–water partition coefficient (Wildman–Crippen LogP) is 3.80. The van der Waals surface area contributed by atoms with Crippen LogP contribution >= 0.6 is 27.5 Å². The maximum atomic E-state index is 13.2. The Labute approximate surface area is 131 Å². The highest BCUT2D eigenvalue weighted by Gasteiger charge is 2.21. The summed E-state index contributed by atoms with van der Waals surface area (Å²) in [4.78, 5) is 26.0. The lowest BCUT2D eigenvalue weighted by Gasteiger charge is -2.07. The van der Waals surface area contributed by atoms with Gasteiger partial charge in [-0.2, -0.15) is 0 Å². The number of amides is 1. The van der Waals surface area contributed by atoms with Crippen LogP contribution in [0.3, 0.4) is 0 Å². The highest BCUT2D eigenvalue weighted by molar-refractivity contribution is 9.10. The second kappa shape index (κ2) is 6.15. The van der Waals surface area contributed by atoms with Crippen molar-refractivity contribution in [2.75, 3.05) is 5.32 Å². The molecule has 0 saturated heterocycles. The number of carbonyl (C=O) groups excluding carboxylic acids is 1. The van der Waals surface area contributed by atoms with Gasteiger partial charge in [0.1, 0.15) is 11.4 Å². The number of nitro benzene ring substituents is 1. The molecule has 2 aromatic rings. The first kappa shape index (κ1) is 15.3. The van der Waals surface area contributed by atoms with E-state index in [4.69, 9.17) is 11.6 Å². The highest BCUT2D eigenvalue weighted by Crippen LogP contribution is 2.25. The van der Waals surface area contributed by atoms with E-state index in [2.05, 4.69) is 26.2 Å². The third kappa shape index (κ3) is 3.53. The number of aromatic nitrogens is 1. The Morgan fingerprint density at radius 1 is 1.43 bits per heavy atom. The van der Waals surface area contributed by atoms with Crippen LogP contribution in [0.1, 0.15) is 10.4 Å². The topological polar surface area (TPSA) is 85.1 Å². The number of nitrogens with zero attached hydrogens (tertiary/aromatic N) is 2. The number of pyridine rings is 1. The molecule has 0 atom stereocenters. The lowest BCUT2D eigenvalue weighted by atomic mass is 10.1. The minimum absolute atomic E-state index is 0.00519. The van der Waals surface area contributed by atoms with Gasteiger partial charge in [0.25, 0.3) is 11.6 Å². The van der Waals surface area contributed by atoms with Crippen LogP contribution in [0.4, 0.5) is 15.8 Å². The minimum atomic E-state index is -0.858. The van der Waals surface area contributed by atoms with Gasteiger partial charge < -0.3 is 5.32 Å². The highest BCUT2D eigenvalue weighted by atomic mass is 79.9. The molecule has 1 N–H and O–H groups in total. The fourth-order valence-electron chi connectivity index (χ4n) is 1.55. The average molecular weight is 375 g/mol. The van der Waals surface area contributed by atoms with Gasteiger partial charge in [-0.05, 0) is 34.1 Å². The zero-order valence-corrected chi connectivity index (χ0v) is 12.5. The Morgan fingerprint density at radius 2 is 2.14 bits per heavy atom. The summed E-state index contributed by atoms with van der Waals surface area (Å²) in [5.41, 5.74) is -0.765. The van der Waals surface area contributed by atoms with Crippen molar-refractivity contribution < 1.29 is 14.1 Å². The van der Waals surface area contributed by atoms with Crippen molar-refractivity contribution in [2.45, 2.75) is 0 Å². The predicted molar refractivity (Wildman–Crippen MR) is 78.0 cm³/mol. The largest absolute Gasteiger partial charge is 0.319 e. The van der Waals surface area contributed by atoms with Gasteiger partial charge in [-0.3, -0.25) is 14.9 Å². The van der Waals surface area contributed by atoms with Crippen molar-refractivity contribution >= 4 is 44.8 Å². The Balaban J connectivity index is 2.39. The van der Waals surface area contributed by atoms with Crippen LogP contribution in [0.5, 0.6) is 0 Å². The van der Waals surface area contributed by atoms with Gasteiger partial charge in [-0.25, -0.2) is 9.37 Å². The summed E-state index contributed by atoms with van der Waals surface area (Å²) in [6, 6.07) is 4.08. The van der Waals surface area contributed by atoms with Crippen LogP contribution in [-0.2, 0) is 0 Å². The van der Waals surface area contributed by atoms with Crippen molar-refractivity contribution in [1.29, 1.82) is 0 Å². The maximum Gasteiger partial charge on any atom is 0.282 e. The minimum Gasteiger partial charge on any atom is -0.319 e. The molecule has 108 valence electrons. The normalized spacial score (nSPS) is 10.2. The Morgan fingerprint density at radius 3 is 2.81 bits per heavy atom. The Bertz CT molecular complexity index is 742. The average Bonchev–Trinajstić information content (AvgIpc) is 2.42. The molecule has 0 spiro atoms. The number of nitrogens with one attached hydrogen (secondary N) is 1. The van der Waals surface area contributed by atoms with E-state index in [1.54, 1.807) is 0 Å². The number of anilines is 1. The van der Waals surface area contributed by atoms with E-state index < -0.39 is 27.9 Å². The summed E-state index contributed by atoms with van der Waals surface area (Å²) in [5.74, 6) is -1.62. The van der Waals surface area contributed by atoms with Crippen molar-refractivity contribution in [3.05, 3.63) is 61.6 Å². The zero-order chi connectivity index (χ0) is 15.6. The van der Waals surface area contributed by atoms with E-state index in [9.17, 15) is 19.3 Å². The number of nitro groups is 1. The Kier molecular flexibility index (Phi) is 4.49. The quantitative estimate of drug-likeness (QED) is 0.503. The molecule has 1 aromatic carbocycles. The smallest absolute Gasteiger partial charge is 0.282 e. The SMILES string of the molecule is O=C(Nc1cc(Br)cnc1Cl)c1cc(F)ccc1[N+](=O)[O-]. The molecule has 0 unspecified atom stereocenters. The monoisotopic (exact) mass is 373 g/mol. The lowest BCUT2D eigenvalue weighted by molar-refractivity contribution is -0.385. The third-order valence-corrected chi connectivity index (χ3v) is 3.19. The summed E-state index contributed by atoms with van der Waals surface area (Å²) < 4.78 is 13.8. The van der Waals surface area contributed by atoms with E-state index in [0.717, 1.165) is 18.2 Å². The van der Waals surface area contributed by atoms with Crippen molar-refractivity contribution in [2.24, 2.45) is 0 Å². The molecule has 0 aliphatic rings. The van der Waals surface area contributed by atoms with Crippen LogP contribution in [0.15, 0.2) is 34.9 Å². The van der Waals surface area contributed by atoms with Crippen LogP contribution < -0.4 is 5.32 Å². The number of rotatable bonds is 3. The second-order valence-electron chi connectivity index (χ2n) is 3.86. The van der Waals surface area contributed by atoms with Crippen molar-refractivity contribution in [3.8, 4) is 0 Å². The molecule has 21 heavy (non-hydrogen) atoms. The van der Waals surface area contributed by atoms with Crippen LogP contribution in [-0.4, -0.2) is 15.8 Å². The van der Waals surface area contributed by atoms with Crippen molar-refractivity contribution in [3.63, 3.8) is 0 Å². The number of halogens is 3. The fourth-order valence-corrected chi connectivity index (χ4v) is 2.03. The van der Waals surface area contributed by atoms with Crippen LogP contribution in [0.2, 0.25) is 5.15 Å². The van der Waals surface area contributed by atoms with E-state index in [0.29, 0.717) is 4.47 Å². The molecule has 0 aliphatic heterocycles. The van der Waals surface area contributed by atoms with Gasteiger partial charge in [-0.1, -0.05) is 11.6 Å². The van der Waals surface area contributed by atoms with Gasteiger partial charge in [0.05, 0.1) is 10.6 Å². The molecule has 6 nitrogen and oxygen atoms in total. The molecule has 0 saturated carbocycles. The van der Waals surface area contributed by atoms with Gasteiger partial charge in [0, 0.05) is 16.7 Å². The van der Waals surface area contributed by atoms with E-state index in [-0.39, 0.29) is 10.8 Å². The molecule has 0 radical (unpaired) electrons. The van der Waals surface area contributed by atoms with E-state index >= 15 is 0 Å². The summed E-state index contributed by atoms with van der Waals surface area (Å²) in [6.07, 6.45) is 1.42. The molecule has 1 amide bonds. The third-order valence-electron chi connectivity index (χ3n) is 2.45. The van der Waals surface area contributed by atoms with Gasteiger partial charge in [0.15, 0.2) is 5.15 Å². The molecule has 0 aliphatic carbocycles. The van der Waals surface area contributed by atoms with E-state index in [1.807, 2.05) is 0 Å². The second-order valence-corrected chi connectivity index (χ2v) is 5.14. The number of carbonyl (C=O) groups is 1. The van der Waals surface area contributed by atoms with Gasteiger partial charge in [0.2, 0.25) is 0 Å². The molecule has 9 heteroatoms. The first-order valence-corrected chi connectivity index (χ1v) is 6.62. The molecule has 2 rings (SSSR count). The molecule has 0 bridgehead atoms. The van der Waals surface area contributed by atoms with Crippen molar-refractivity contribution in [1.82, 2.24) is 4.98 Å². The zero-order valence-electron chi connectivity index (χ0n) is 10.1. The first-order chi connectivity index (χ1) is 9.88. The molecule has 0 fully saturated rings. The van der Waals surface area contributed by atoms with Gasteiger partial charge >= 0.3 is 0 Å². The molecular weight excluding hydrogens is 369 g/mol. The van der Waals surface area contributed by atoms with Crippen LogP contribution in [0.25, 0.3) is 0 Å². The maximum absolute atomic E-state index is 13.2.